The van der Waals surface area contributed by atoms with E-state index in [2.05, 4.69) is 240 Å². The van der Waals surface area contributed by atoms with Crippen LogP contribution < -0.4 is 4.90 Å². The summed E-state index contributed by atoms with van der Waals surface area (Å²) in [7, 11) is 0. The molecule has 0 unspecified atom stereocenters. The highest BCUT2D eigenvalue weighted by Gasteiger charge is 2.25. The number of rotatable bonds is 7. The summed E-state index contributed by atoms with van der Waals surface area (Å²) in [5, 5.41) is 7.33. The Morgan fingerprint density at radius 2 is 0.810 bits per heavy atom. The van der Waals surface area contributed by atoms with E-state index in [0.717, 1.165) is 33.8 Å². The first-order valence-corrected chi connectivity index (χ1v) is 19.9. The number of nitrogens with zero attached hydrogens (tertiary/aromatic N) is 2. The van der Waals surface area contributed by atoms with Gasteiger partial charge in [0.1, 0.15) is 0 Å². The van der Waals surface area contributed by atoms with Crippen molar-refractivity contribution in [2.24, 2.45) is 0 Å². The van der Waals surface area contributed by atoms with Crippen LogP contribution >= 0.6 is 0 Å². The summed E-state index contributed by atoms with van der Waals surface area (Å²) in [5.41, 5.74) is 14.0. The summed E-state index contributed by atoms with van der Waals surface area (Å²) in [5.74, 6) is 0. The summed E-state index contributed by atoms with van der Waals surface area (Å²) in [6, 6.07) is 83.8. The van der Waals surface area contributed by atoms with E-state index in [1.165, 1.54) is 65.7 Å². The molecule has 0 aliphatic heterocycles. The van der Waals surface area contributed by atoms with Gasteiger partial charge in [0.25, 0.3) is 0 Å². The van der Waals surface area contributed by atoms with E-state index < -0.39 is 0 Å². The van der Waals surface area contributed by atoms with Crippen molar-refractivity contribution in [3.05, 3.63) is 231 Å². The van der Waals surface area contributed by atoms with Crippen LogP contribution in [-0.2, 0) is 0 Å². The van der Waals surface area contributed by atoms with E-state index in [9.17, 15) is 0 Å². The van der Waals surface area contributed by atoms with Crippen LogP contribution in [0, 0.1) is 0 Å². The Bertz CT molecular complexity index is 3270. The molecule has 11 aromatic rings. The first-order valence-electron chi connectivity index (χ1n) is 19.9. The first kappa shape index (κ1) is 33.6. The van der Waals surface area contributed by atoms with Gasteiger partial charge in [0.2, 0.25) is 0 Å². The standard InChI is InChI=1S/C56H38N2/c1-4-19-39(20-5-1)45-27-10-11-28-46(45)40-21-18-22-41(37-40)55-51-32-14-12-29-47(51)48-30-13-15-33-52(48)56(55)57(42-23-6-2-7-24-42)44-35-36-50-49-31-16-17-34-53(49)58(54(50)38-44)43-25-8-3-9-26-43/h1-38H. The monoisotopic (exact) mass is 738 g/mol. The van der Waals surface area contributed by atoms with Gasteiger partial charge < -0.3 is 9.47 Å². The maximum atomic E-state index is 2.49. The van der Waals surface area contributed by atoms with E-state index in [4.69, 9.17) is 0 Å². The number of anilines is 3. The Kier molecular flexibility index (Phi) is 8.19. The molecule has 1 heterocycles. The Morgan fingerprint density at radius 3 is 1.55 bits per heavy atom. The minimum atomic E-state index is 1.09. The van der Waals surface area contributed by atoms with Gasteiger partial charge in [-0.1, -0.05) is 182 Å². The molecule has 0 bridgehead atoms. The second-order valence-electron chi connectivity index (χ2n) is 14.9. The molecule has 1 aromatic heterocycles. The molecule has 2 nitrogen and oxygen atoms in total. The van der Waals surface area contributed by atoms with Gasteiger partial charge in [0.05, 0.1) is 16.7 Å². The lowest BCUT2D eigenvalue weighted by molar-refractivity contribution is 1.18. The van der Waals surface area contributed by atoms with Crippen LogP contribution in [0.2, 0.25) is 0 Å². The molecule has 0 atom stereocenters. The van der Waals surface area contributed by atoms with Gasteiger partial charge in [0.15, 0.2) is 0 Å². The topological polar surface area (TPSA) is 8.17 Å². The fourth-order valence-electron chi connectivity index (χ4n) is 9.03. The molecule has 11 rings (SSSR count). The van der Waals surface area contributed by atoms with Gasteiger partial charge in [-0.25, -0.2) is 0 Å². The van der Waals surface area contributed by atoms with E-state index >= 15 is 0 Å². The van der Waals surface area contributed by atoms with Gasteiger partial charge in [-0.15, -0.1) is 0 Å². The van der Waals surface area contributed by atoms with E-state index in [1.54, 1.807) is 0 Å². The second-order valence-corrected chi connectivity index (χ2v) is 14.9. The molecule has 2 heteroatoms. The molecule has 0 N–H and O–H groups in total. The summed E-state index contributed by atoms with van der Waals surface area (Å²) >= 11 is 0. The number of aromatic nitrogens is 1. The van der Waals surface area contributed by atoms with Gasteiger partial charge in [-0.3, -0.25) is 0 Å². The Hall–Kier alpha value is -7.68. The summed E-state index contributed by atoms with van der Waals surface area (Å²) in [4.78, 5) is 2.49. The highest BCUT2D eigenvalue weighted by Crippen LogP contribution is 2.50. The largest absolute Gasteiger partial charge is 0.309 e. The van der Waals surface area contributed by atoms with Crippen molar-refractivity contribution in [2.45, 2.75) is 0 Å². The number of hydrogen-bond donors (Lipinski definition) is 0. The molecule has 0 radical (unpaired) electrons. The van der Waals surface area contributed by atoms with Gasteiger partial charge in [-0.05, 0) is 92.5 Å². The molecule has 0 aliphatic rings. The number of fused-ring (bicyclic) bond motifs is 6. The molecule has 272 valence electrons. The van der Waals surface area contributed by atoms with Crippen LogP contribution in [0.15, 0.2) is 231 Å². The van der Waals surface area contributed by atoms with Crippen molar-refractivity contribution < 1.29 is 0 Å². The molecular formula is C56H38N2. The van der Waals surface area contributed by atoms with Gasteiger partial charge >= 0.3 is 0 Å². The zero-order chi connectivity index (χ0) is 38.4. The number of para-hydroxylation sites is 3. The third kappa shape index (κ3) is 5.57. The summed E-state index contributed by atoms with van der Waals surface area (Å²) < 4.78 is 2.41. The van der Waals surface area contributed by atoms with E-state index in [0.29, 0.717) is 0 Å². The van der Waals surface area contributed by atoms with Crippen molar-refractivity contribution in [3.8, 4) is 39.1 Å². The molecule has 0 spiro atoms. The Balaban J connectivity index is 1.23. The van der Waals surface area contributed by atoms with Crippen LogP contribution in [0.3, 0.4) is 0 Å². The van der Waals surface area contributed by atoms with Crippen molar-refractivity contribution >= 4 is 60.4 Å². The minimum absolute atomic E-state index is 1.09. The van der Waals surface area contributed by atoms with Crippen molar-refractivity contribution in [3.63, 3.8) is 0 Å². The smallest absolute Gasteiger partial charge is 0.0624 e. The molecule has 0 saturated carbocycles. The van der Waals surface area contributed by atoms with Crippen molar-refractivity contribution in [1.29, 1.82) is 0 Å². The van der Waals surface area contributed by atoms with E-state index in [-0.39, 0.29) is 0 Å². The van der Waals surface area contributed by atoms with Gasteiger partial charge in [0, 0.05) is 38.8 Å². The lowest BCUT2D eigenvalue weighted by Gasteiger charge is -2.31. The van der Waals surface area contributed by atoms with Crippen LogP contribution in [-0.4, -0.2) is 4.57 Å². The molecule has 0 saturated heterocycles. The maximum absolute atomic E-state index is 2.49. The van der Waals surface area contributed by atoms with Crippen LogP contribution in [0.25, 0.3) is 82.4 Å². The molecule has 0 fully saturated rings. The van der Waals surface area contributed by atoms with Gasteiger partial charge in [-0.2, -0.15) is 0 Å². The quantitative estimate of drug-likeness (QED) is 0.148. The summed E-state index contributed by atoms with van der Waals surface area (Å²) in [6.45, 7) is 0. The van der Waals surface area contributed by atoms with Crippen molar-refractivity contribution in [1.82, 2.24) is 4.57 Å². The average molecular weight is 739 g/mol. The zero-order valence-corrected chi connectivity index (χ0v) is 31.8. The highest BCUT2D eigenvalue weighted by atomic mass is 15.1. The summed E-state index contributed by atoms with van der Waals surface area (Å²) in [6.07, 6.45) is 0. The number of hydrogen-bond acceptors (Lipinski definition) is 1. The maximum Gasteiger partial charge on any atom is 0.0624 e. The minimum Gasteiger partial charge on any atom is -0.309 e. The molecule has 0 aliphatic carbocycles. The van der Waals surface area contributed by atoms with Crippen molar-refractivity contribution in [2.75, 3.05) is 4.90 Å². The molecule has 0 amide bonds. The normalized spacial score (nSPS) is 11.4. The Morgan fingerprint density at radius 1 is 0.293 bits per heavy atom. The highest BCUT2D eigenvalue weighted by molar-refractivity contribution is 6.23. The fourth-order valence-corrected chi connectivity index (χ4v) is 9.03. The van der Waals surface area contributed by atoms with Crippen LogP contribution in [0.1, 0.15) is 0 Å². The lowest BCUT2D eigenvalue weighted by Crippen LogP contribution is -2.12. The average Bonchev–Trinajstić information content (AvgIpc) is 3.64. The second kappa shape index (κ2) is 14.1. The third-order valence-electron chi connectivity index (χ3n) is 11.5. The third-order valence-corrected chi connectivity index (χ3v) is 11.5. The molecule has 58 heavy (non-hydrogen) atoms. The zero-order valence-electron chi connectivity index (χ0n) is 31.8. The lowest BCUT2D eigenvalue weighted by atomic mass is 9.88. The first-order chi connectivity index (χ1) is 28.8. The Labute approximate surface area is 338 Å². The fraction of sp³-hybridized carbons (Fsp3) is 0. The predicted octanol–water partition coefficient (Wildman–Crippen LogP) is 15.6. The van der Waals surface area contributed by atoms with Crippen LogP contribution in [0.5, 0.6) is 0 Å². The molecule has 10 aromatic carbocycles. The molecular weight excluding hydrogens is 701 g/mol. The SMILES string of the molecule is c1ccc(-c2ccccc2-c2cccc(-c3c(N(c4ccccc4)c4ccc5c6ccccc6n(-c6ccccc6)c5c4)c4ccccc4c4ccccc34)c2)cc1. The number of benzene rings is 10. The van der Waals surface area contributed by atoms with E-state index in [1.807, 2.05) is 0 Å². The predicted molar refractivity (Wildman–Crippen MR) is 247 cm³/mol. The van der Waals surface area contributed by atoms with Crippen LogP contribution in [0.4, 0.5) is 17.1 Å².